The van der Waals surface area contributed by atoms with Gasteiger partial charge in [0.25, 0.3) is 0 Å². The molecule has 3 heteroatoms. The van der Waals surface area contributed by atoms with Gasteiger partial charge >= 0.3 is 0 Å². The van der Waals surface area contributed by atoms with E-state index in [0.717, 1.165) is 35.7 Å². The Morgan fingerprint density at radius 1 is 1.33 bits per heavy atom. The highest BCUT2D eigenvalue weighted by molar-refractivity contribution is 9.10. The highest BCUT2D eigenvalue weighted by atomic mass is 79.9. The van der Waals surface area contributed by atoms with Gasteiger partial charge in [0.05, 0.1) is 17.6 Å². The van der Waals surface area contributed by atoms with E-state index >= 15 is 0 Å². The number of halogens is 1. The number of nitriles is 1. The Hall–Kier alpha value is -0.850. The Labute approximate surface area is 117 Å². The molecule has 0 heterocycles. The predicted molar refractivity (Wildman–Crippen MR) is 74.8 cm³/mol. The third kappa shape index (κ3) is 2.60. The summed E-state index contributed by atoms with van der Waals surface area (Å²) >= 11 is 3.38. The lowest BCUT2D eigenvalue weighted by molar-refractivity contribution is 0.0266. The molecule has 1 aliphatic rings. The van der Waals surface area contributed by atoms with Crippen LogP contribution in [0, 0.1) is 22.7 Å². The van der Waals surface area contributed by atoms with Gasteiger partial charge < -0.3 is 5.11 Å². The van der Waals surface area contributed by atoms with E-state index in [-0.39, 0.29) is 0 Å². The second kappa shape index (κ2) is 5.42. The second-order valence-corrected chi connectivity index (χ2v) is 6.32. The molecule has 0 aromatic heterocycles. The van der Waals surface area contributed by atoms with Gasteiger partial charge in [-0.2, -0.15) is 5.26 Å². The fourth-order valence-electron chi connectivity index (χ4n) is 2.69. The fraction of sp³-hybridized carbons (Fsp3) is 0.533. The minimum atomic E-state index is -0.678. The van der Waals surface area contributed by atoms with Crippen LogP contribution >= 0.6 is 15.9 Å². The van der Waals surface area contributed by atoms with Gasteiger partial charge in [-0.3, -0.25) is 0 Å². The number of hydrogen-bond acceptors (Lipinski definition) is 2. The summed E-state index contributed by atoms with van der Waals surface area (Å²) in [6.45, 7) is 2.22. The van der Waals surface area contributed by atoms with Gasteiger partial charge in [-0.1, -0.05) is 35.0 Å². The summed E-state index contributed by atoms with van der Waals surface area (Å²) in [4.78, 5) is 0. The first-order valence-electron chi connectivity index (χ1n) is 6.42. The average Bonchev–Trinajstić information content (AvgIpc) is 2.40. The van der Waals surface area contributed by atoms with Gasteiger partial charge in [-0.25, -0.2) is 0 Å². The Morgan fingerprint density at radius 3 is 2.39 bits per heavy atom. The first-order chi connectivity index (χ1) is 8.57. The van der Waals surface area contributed by atoms with Crippen LogP contribution in [0.25, 0.3) is 0 Å². The van der Waals surface area contributed by atoms with Crippen LogP contribution in [-0.4, -0.2) is 5.11 Å². The number of rotatable bonds is 2. The van der Waals surface area contributed by atoms with Gasteiger partial charge in [-0.05, 0) is 49.3 Å². The minimum Gasteiger partial charge on any atom is -0.387 e. The zero-order valence-electron chi connectivity index (χ0n) is 10.6. The largest absolute Gasteiger partial charge is 0.387 e. The van der Waals surface area contributed by atoms with Crippen LogP contribution < -0.4 is 0 Å². The van der Waals surface area contributed by atoms with E-state index in [1.54, 1.807) is 0 Å². The molecule has 0 saturated heterocycles. The number of aliphatic hydroxyl groups excluding tert-OH is 1. The molecule has 1 N–H and O–H groups in total. The van der Waals surface area contributed by atoms with Gasteiger partial charge in [0.2, 0.25) is 0 Å². The van der Waals surface area contributed by atoms with Crippen molar-refractivity contribution in [3.05, 3.63) is 34.3 Å². The maximum atomic E-state index is 10.5. The van der Waals surface area contributed by atoms with Crippen molar-refractivity contribution in [2.45, 2.75) is 38.7 Å². The number of aliphatic hydroxyl groups is 1. The summed E-state index contributed by atoms with van der Waals surface area (Å²) in [5.41, 5.74) is 0.245. The summed E-state index contributed by atoms with van der Waals surface area (Å²) in [6.07, 6.45) is 2.97. The highest BCUT2D eigenvalue weighted by Gasteiger charge is 2.41. The smallest absolute Gasteiger partial charge is 0.0976 e. The molecule has 0 radical (unpaired) electrons. The third-order valence-corrected chi connectivity index (χ3v) is 4.63. The molecule has 96 valence electrons. The van der Waals surface area contributed by atoms with Crippen molar-refractivity contribution in [1.82, 2.24) is 0 Å². The van der Waals surface area contributed by atoms with Crippen molar-refractivity contribution >= 4 is 15.9 Å². The Morgan fingerprint density at radius 2 is 1.89 bits per heavy atom. The van der Waals surface area contributed by atoms with Crippen molar-refractivity contribution < 1.29 is 5.11 Å². The van der Waals surface area contributed by atoms with Crippen molar-refractivity contribution in [2.24, 2.45) is 11.3 Å². The molecule has 1 unspecified atom stereocenters. The molecule has 1 fully saturated rings. The lowest BCUT2D eigenvalue weighted by Crippen LogP contribution is -2.32. The van der Waals surface area contributed by atoms with Crippen LogP contribution in [0.2, 0.25) is 0 Å². The van der Waals surface area contributed by atoms with Crippen molar-refractivity contribution in [2.75, 3.05) is 0 Å². The summed E-state index contributed by atoms with van der Waals surface area (Å²) in [5, 5.41) is 20.0. The zero-order chi connectivity index (χ0) is 13.2. The first-order valence-corrected chi connectivity index (χ1v) is 7.21. The van der Waals surface area contributed by atoms with Crippen LogP contribution in [-0.2, 0) is 0 Å². The van der Waals surface area contributed by atoms with Crippen LogP contribution in [0.5, 0.6) is 0 Å². The summed E-state index contributed by atoms with van der Waals surface area (Å²) < 4.78 is 0.988. The molecule has 2 nitrogen and oxygen atoms in total. The van der Waals surface area contributed by atoms with E-state index in [4.69, 9.17) is 0 Å². The number of hydrogen-bond donors (Lipinski definition) is 1. The van der Waals surface area contributed by atoms with Crippen LogP contribution in [0.15, 0.2) is 28.7 Å². The maximum absolute atomic E-state index is 10.5. The molecule has 0 aliphatic heterocycles. The van der Waals surface area contributed by atoms with Crippen LogP contribution in [0.3, 0.4) is 0 Å². The molecule has 1 saturated carbocycles. The topological polar surface area (TPSA) is 44.0 Å². The molecule has 0 spiro atoms. The molecule has 2 rings (SSSR count). The third-order valence-electron chi connectivity index (χ3n) is 4.10. The monoisotopic (exact) mass is 307 g/mol. The molecule has 1 atom stereocenters. The van der Waals surface area contributed by atoms with Gasteiger partial charge in [0.15, 0.2) is 0 Å². The summed E-state index contributed by atoms with van der Waals surface area (Å²) in [5.74, 6) is 0.670. The van der Waals surface area contributed by atoms with Gasteiger partial charge in [0.1, 0.15) is 0 Å². The molecule has 1 aromatic rings. The summed E-state index contributed by atoms with van der Waals surface area (Å²) in [6, 6.07) is 10.0. The molecular weight excluding hydrogens is 290 g/mol. The SMILES string of the molecule is CC1CCC(C#N)(C(O)c2ccc(Br)cc2)CC1. The molecule has 0 amide bonds. The lowest BCUT2D eigenvalue weighted by Gasteiger charge is -2.37. The van der Waals surface area contributed by atoms with Crippen molar-refractivity contribution in [3.63, 3.8) is 0 Å². The Bertz CT molecular complexity index is 441. The van der Waals surface area contributed by atoms with E-state index < -0.39 is 11.5 Å². The maximum Gasteiger partial charge on any atom is 0.0976 e. The van der Waals surface area contributed by atoms with E-state index in [1.165, 1.54) is 0 Å². The normalized spacial score (nSPS) is 29.6. The molecule has 18 heavy (non-hydrogen) atoms. The highest BCUT2D eigenvalue weighted by Crippen LogP contribution is 2.47. The number of nitrogens with zero attached hydrogens (tertiary/aromatic N) is 1. The van der Waals surface area contributed by atoms with E-state index in [1.807, 2.05) is 24.3 Å². The second-order valence-electron chi connectivity index (χ2n) is 5.40. The molecular formula is C15H18BrNO. The minimum absolute atomic E-state index is 0.597. The van der Waals surface area contributed by atoms with Crippen LogP contribution in [0.4, 0.5) is 0 Å². The summed E-state index contributed by atoms with van der Waals surface area (Å²) in [7, 11) is 0. The molecule has 1 aliphatic carbocycles. The standard InChI is InChI=1S/C15H18BrNO/c1-11-6-8-15(10-17,9-7-11)14(18)12-2-4-13(16)5-3-12/h2-5,11,14,18H,6-9H2,1H3. The Kier molecular flexibility index (Phi) is 4.09. The molecule has 1 aromatic carbocycles. The van der Waals surface area contributed by atoms with Crippen molar-refractivity contribution in [3.8, 4) is 6.07 Å². The quantitative estimate of drug-likeness (QED) is 0.889. The van der Waals surface area contributed by atoms with E-state index in [9.17, 15) is 10.4 Å². The van der Waals surface area contributed by atoms with E-state index in [2.05, 4.69) is 28.9 Å². The van der Waals surface area contributed by atoms with Gasteiger partial charge in [-0.15, -0.1) is 0 Å². The number of benzene rings is 1. The average molecular weight is 308 g/mol. The van der Waals surface area contributed by atoms with Crippen LogP contribution in [0.1, 0.15) is 44.3 Å². The zero-order valence-corrected chi connectivity index (χ0v) is 12.2. The van der Waals surface area contributed by atoms with Gasteiger partial charge in [0, 0.05) is 4.47 Å². The van der Waals surface area contributed by atoms with Crippen molar-refractivity contribution in [1.29, 1.82) is 5.26 Å². The fourth-order valence-corrected chi connectivity index (χ4v) is 2.95. The van der Waals surface area contributed by atoms with E-state index in [0.29, 0.717) is 5.92 Å². The lowest BCUT2D eigenvalue weighted by atomic mass is 9.67. The predicted octanol–water partition coefficient (Wildman–Crippen LogP) is 4.20. The molecule has 0 bridgehead atoms. The Balaban J connectivity index is 2.23. The first kappa shape index (κ1) is 13.6.